The predicted octanol–water partition coefficient (Wildman–Crippen LogP) is 0.385. The quantitative estimate of drug-likeness (QED) is 0.814. The van der Waals surface area contributed by atoms with Crippen LogP contribution in [0.4, 0.5) is 5.82 Å². The summed E-state index contributed by atoms with van der Waals surface area (Å²) in [6.45, 7) is 5.36. The van der Waals surface area contributed by atoms with Crippen LogP contribution in [0.3, 0.4) is 0 Å². The molecule has 2 heterocycles. The fourth-order valence-electron chi connectivity index (χ4n) is 2.11. The molecule has 1 saturated heterocycles. The summed E-state index contributed by atoms with van der Waals surface area (Å²) in [5.41, 5.74) is 6.29. The first kappa shape index (κ1) is 14.7. The SMILES string of the molecule is CC(N)CCNC(=O)c1cccnc1N1CCOCC1. The molecule has 1 fully saturated rings. The van der Waals surface area contributed by atoms with Gasteiger partial charge in [0.25, 0.3) is 5.91 Å². The Hall–Kier alpha value is -1.66. The van der Waals surface area contributed by atoms with Gasteiger partial charge < -0.3 is 20.7 Å². The molecule has 1 aliphatic heterocycles. The van der Waals surface area contributed by atoms with E-state index in [0.29, 0.717) is 25.3 Å². The zero-order valence-corrected chi connectivity index (χ0v) is 11.8. The predicted molar refractivity (Wildman–Crippen MR) is 77.9 cm³/mol. The lowest BCUT2D eigenvalue weighted by Crippen LogP contribution is -2.38. The standard InChI is InChI=1S/C14H22N4O2/c1-11(15)4-6-17-14(19)12-3-2-5-16-13(12)18-7-9-20-10-8-18/h2-3,5,11H,4,6-10,15H2,1H3,(H,17,19). The van der Waals surface area contributed by atoms with Crippen molar-refractivity contribution < 1.29 is 9.53 Å². The molecule has 1 amide bonds. The summed E-state index contributed by atoms with van der Waals surface area (Å²) in [5, 5.41) is 2.89. The van der Waals surface area contributed by atoms with Crippen molar-refractivity contribution in [1.29, 1.82) is 0 Å². The maximum Gasteiger partial charge on any atom is 0.255 e. The second-order valence-electron chi connectivity index (χ2n) is 5.00. The minimum absolute atomic E-state index is 0.0860. The second kappa shape index (κ2) is 7.21. The molecule has 2 rings (SSSR count). The Morgan fingerprint density at radius 2 is 2.30 bits per heavy atom. The highest BCUT2D eigenvalue weighted by molar-refractivity contribution is 5.98. The summed E-state index contributed by atoms with van der Waals surface area (Å²) in [4.78, 5) is 18.7. The number of hydrogen-bond donors (Lipinski definition) is 2. The average molecular weight is 278 g/mol. The number of amides is 1. The Morgan fingerprint density at radius 1 is 1.55 bits per heavy atom. The van der Waals surface area contributed by atoms with E-state index in [0.717, 1.165) is 25.3 Å². The highest BCUT2D eigenvalue weighted by Crippen LogP contribution is 2.18. The van der Waals surface area contributed by atoms with Crippen LogP contribution < -0.4 is 16.0 Å². The summed E-state index contributed by atoms with van der Waals surface area (Å²) in [6.07, 6.45) is 2.47. The van der Waals surface area contributed by atoms with Gasteiger partial charge in [0.15, 0.2) is 0 Å². The normalized spacial score (nSPS) is 16.8. The zero-order valence-electron chi connectivity index (χ0n) is 11.8. The van der Waals surface area contributed by atoms with E-state index in [4.69, 9.17) is 10.5 Å². The highest BCUT2D eigenvalue weighted by Gasteiger charge is 2.19. The molecule has 1 aromatic rings. The second-order valence-corrected chi connectivity index (χ2v) is 5.00. The molecule has 3 N–H and O–H groups in total. The van der Waals surface area contributed by atoms with Gasteiger partial charge in [0, 0.05) is 31.9 Å². The Balaban J connectivity index is 2.04. The van der Waals surface area contributed by atoms with Gasteiger partial charge in [-0.2, -0.15) is 0 Å². The summed E-state index contributed by atoms with van der Waals surface area (Å²) in [7, 11) is 0. The Labute approximate surface area is 119 Å². The number of morpholine rings is 1. The largest absolute Gasteiger partial charge is 0.378 e. The monoisotopic (exact) mass is 278 g/mol. The molecule has 0 bridgehead atoms. The summed E-state index contributed by atoms with van der Waals surface area (Å²) < 4.78 is 5.33. The van der Waals surface area contributed by atoms with Crippen molar-refractivity contribution in [2.45, 2.75) is 19.4 Å². The van der Waals surface area contributed by atoms with Crippen LogP contribution in [0.25, 0.3) is 0 Å². The maximum absolute atomic E-state index is 12.2. The van der Waals surface area contributed by atoms with Crippen LogP contribution in [0.2, 0.25) is 0 Å². The molecular weight excluding hydrogens is 256 g/mol. The lowest BCUT2D eigenvalue weighted by atomic mass is 10.2. The zero-order chi connectivity index (χ0) is 14.4. The Bertz CT molecular complexity index is 445. The topological polar surface area (TPSA) is 80.5 Å². The van der Waals surface area contributed by atoms with E-state index in [1.54, 1.807) is 18.3 Å². The van der Waals surface area contributed by atoms with E-state index in [9.17, 15) is 4.79 Å². The number of rotatable bonds is 5. The number of nitrogens with zero attached hydrogens (tertiary/aromatic N) is 2. The minimum Gasteiger partial charge on any atom is -0.378 e. The van der Waals surface area contributed by atoms with Gasteiger partial charge in [0.1, 0.15) is 5.82 Å². The first-order chi connectivity index (χ1) is 9.68. The van der Waals surface area contributed by atoms with E-state index in [1.165, 1.54) is 0 Å². The molecular formula is C14H22N4O2. The number of aromatic nitrogens is 1. The number of ether oxygens (including phenoxy) is 1. The summed E-state index contributed by atoms with van der Waals surface area (Å²) in [5.74, 6) is 0.634. The molecule has 0 spiro atoms. The van der Waals surface area contributed by atoms with Crippen LogP contribution in [0.1, 0.15) is 23.7 Å². The fraction of sp³-hybridized carbons (Fsp3) is 0.571. The van der Waals surface area contributed by atoms with Gasteiger partial charge in [-0.25, -0.2) is 4.98 Å². The van der Waals surface area contributed by atoms with Gasteiger partial charge in [-0.3, -0.25) is 4.79 Å². The number of carbonyl (C=O) groups excluding carboxylic acids is 1. The molecule has 6 heteroatoms. The first-order valence-corrected chi connectivity index (χ1v) is 7.00. The van der Waals surface area contributed by atoms with Crippen molar-refractivity contribution >= 4 is 11.7 Å². The molecule has 1 unspecified atom stereocenters. The molecule has 110 valence electrons. The lowest BCUT2D eigenvalue weighted by Gasteiger charge is -2.29. The van der Waals surface area contributed by atoms with Crippen LogP contribution in [0, 0.1) is 0 Å². The number of carbonyl (C=O) groups is 1. The number of pyridine rings is 1. The van der Waals surface area contributed by atoms with Crippen LogP contribution in [0.5, 0.6) is 0 Å². The smallest absolute Gasteiger partial charge is 0.255 e. The molecule has 0 aliphatic carbocycles. The molecule has 0 radical (unpaired) electrons. The molecule has 1 aliphatic rings. The van der Waals surface area contributed by atoms with Gasteiger partial charge in [0.05, 0.1) is 18.8 Å². The fourth-order valence-corrected chi connectivity index (χ4v) is 2.11. The number of nitrogens with one attached hydrogen (secondary N) is 1. The van der Waals surface area contributed by atoms with E-state index >= 15 is 0 Å². The summed E-state index contributed by atoms with van der Waals surface area (Å²) in [6, 6.07) is 3.67. The number of hydrogen-bond acceptors (Lipinski definition) is 5. The molecule has 6 nitrogen and oxygen atoms in total. The van der Waals surface area contributed by atoms with Crippen molar-refractivity contribution in [2.24, 2.45) is 5.73 Å². The number of anilines is 1. The molecule has 0 saturated carbocycles. The lowest BCUT2D eigenvalue weighted by molar-refractivity contribution is 0.0951. The molecule has 1 atom stereocenters. The number of nitrogens with two attached hydrogens (primary N) is 1. The maximum atomic E-state index is 12.2. The van der Waals surface area contributed by atoms with Gasteiger partial charge in [-0.05, 0) is 25.5 Å². The van der Waals surface area contributed by atoms with E-state index in [1.807, 2.05) is 6.92 Å². The van der Waals surface area contributed by atoms with E-state index < -0.39 is 0 Å². The van der Waals surface area contributed by atoms with Crippen molar-refractivity contribution in [3.05, 3.63) is 23.9 Å². The van der Waals surface area contributed by atoms with Crippen molar-refractivity contribution in [2.75, 3.05) is 37.7 Å². The Morgan fingerprint density at radius 3 is 3.00 bits per heavy atom. The average Bonchev–Trinajstić information content (AvgIpc) is 2.47. The van der Waals surface area contributed by atoms with Gasteiger partial charge in [0.2, 0.25) is 0 Å². The molecule has 0 aromatic carbocycles. The van der Waals surface area contributed by atoms with E-state index in [2.05, 4.69) is 15.2 Å². The van der Waals surface area contributed by atoms with Crippen LogP contribution in [-0.2, 0) is 4.74 Å². The van der Waals surface area contributed by atoms with Gasteiger partial charge in [-0.15, -0.1) is 0 Å². The van der Waals surface area contributed by atoms with Crippen LogP contribution in [-0.4, -0.2) is 49.8 Å². The van der Waals surface area contributed by atoms with E-state index in [-0.39, 0.29) is 11.9 Å². The first-order valence-electron chi connectivity index (χ1n) is 7.00. The van der Waals surface area contributed by atoms with Crippen molar-refractivity contribution in [3.63, 3.8) is 0 Å². The van der Waals surface area contributed by atoms with Gasteiger partial charge >= 0.3 is 0 Å². The van der Waals surface area contributed by atoms with Crippen LogP contribution in [0.15, 0.2) is 18.3 Å². The third-order valence-corrected chi connectivity index (χ3v) is 3.23. The van der Waals surface area contributed by atoms with Crippen LogP contribution >= 0.6 is 0 Å². The molecule has 1 aromatic heterocycles. The molecule has 20 heavy (non-hydrogen) atoms. The third-order valence-electron chi connectivity index (χ3n) is 3.23. The van der Waals surface area contributed by atoms with Gasteiger partial charge in [-0.1, -0.05) is 0 Å². The third kappa shape index (κ3) is 3.91. The van der Waals surface area contributed by atoms with Crippen molar-refractivity contribution in [3.8, 4) is 0 Å². The minimum atomic E-state index is -0.0970. The van der Waals surface area contributed by atoms with Crippen molar-refractivity contribution in [1.82, 2.24) is 10.3 Å². The highest BCUT2D eigenvalue weighted by atomic mass is 16.5. The Kier molecular flexibility index (Phi) is 5.31. The summed E-state index contributed by atoms with van der Waals surface area (Å²) >= 11 is 0.